The smallest absolute Gasteiger partial charge is 0.121 e. The summed E-state index contributed by atoms with van der Waals surface area (Å²) in [4.78, 5) is 0. The van der Waals surface area contributed by atoms with Crippen LogP contribution < -0.4 is 5.73 Å². The highest BCUT2D eigenvalue weighted by Gasteiger charge is 2.06. The Bertz CT molecular complexity index is 281. The van der Waals surface area contributed by atoms with Gasteiger partial charge in [0.15, 0.2) is 0 Å². The van der Waals surface area contributed by atoms with Crippen LogP contribution in [-0.4, -0.2) is 11.7 Å². The van der Waals surface area contributed by atoms with Gasteiger partial charge in [0.05, 0.1) is 0 Å². The number of hydrogen-bond acceptors (Lipinski definition) is 2. The highest BCUT2D eigenvalue weighted by atomic mass is 79.9. The van der Waals surface area contributed by atoms with Crippen LogP contribution in [0.5, 0.6) is 5.75 Å². The van der Waals surface area contributed by atoms with Gasteiger partial charge in [0.25, 0.3) is 0 Å². The summed E-state index contributed by atoms with van der Waals surface area (Å²) in [6, 6.07) is 3.31. The monoisotopic (exact) mass is 263 g/mol. The van der Waals surface area contributed by atoms with Crippen LogP contribution in [0.4, 0.5) is 0 Å². The fourth-order valence-corrected chi connectivity index (χ4v) is 2.11. The van der Waals surface area contributed by atoms with Gasteiger partial charge in [-0.3, -0.25) is 0 Å². The number of nitrogens with two attached hydrogens (primary N) is 1. The molecule has 0 saturated heterocycles. The summed E-state index contributed by atoms with van der Waals surface area (Å²) in [5.41, 5.74) is 6.25. The number of aromatic hydroxyl groups is 1. The molecule has 0 saturated carbocycles. The van der Waals surface area contributed by atoms with Gasteiger partial charge in [-0.15, -0.1) is 0 Å². The van der Waals surface area contributed by atoms with Crippen molar-refractivity contribution in [3.8, 4) is 5.75 Å². The Balaban J connectivity index is 2.92. The molecule has 0 radical (unpaired) electrons. The molecule has 0 atom stereocenters. The molecule has 0 heterocycles. The van der Waals surface area contributed by atoms with Crippen LogP contribution in [0.1, 0.15) is 12.0 Å². The Morgan fingerprint density at radius 1 is 1.46 bits per heavy atom. The highest BCUT2D eigenvalue weighted by molar-refractivity contribution is 9.10. The minimum atomic E-state index is 0.229. The van der Waals surface area contributed by atoms with Crippen LogP contribution in [0.3, 0.4) is 0 Å². The summed E-state index contributed by atoms with van der Waals surface area (Å²) in [5, 5.41) is 10.1. The molecule has 0 aliphatic heterocycles. The summed E-state index contributed by atoms with van der Waals surface area (Å²) in [5.74, 6) is 0.229. The van der Waals surface area contributed by atoms with Crippen molar-refractivity contribution in [2.24, 2.45) is 5.73 Å². The molecule has 3 N–H and O–H groups in total. The largest absolute Gasteiger partial charge is 0.508 e. The fraction of sp³-hybridized carbons (Fsp3) is 0.333. The van der Waals surface area contributed by atoms with E-state index >= 15 is 0 Å². The highest BCUT2D eigenvalue weighted by Crippen LogP contribution is 2.30. The average Bonchev–Trinajstić information content (AvgIpc) is 2.02. The molecule has 1 aromatic carbocycles. The van der Waals surface area contributed by atoms with Gasteiger partial charge in [0.2, 0.25) is 0 Å². The van der Waals surface area contributed by atoms with Crippen LogP contribution in [0.2, 0.25) is 5.02 Å². The van der Waals surface area contributed by atoms with Crippen LogP contribution in [0, 0.1) is 0 Å². The van der Waals surface area contributed by atoms with E-state index < -0.39 is 0 Å². The minimum absolute atomic E-state index is 0.229. The van der Waals surface area contributed by atoms with Gasteiger partial charge in [-0.2, -0.15) is 0 Å². The second kappa shape index (κ2) is 4.84. The van der Waals surface area contributed by atoms with Gasteiger partial charge in [0, 0.05) is 15.1 Å². The maximum absolute atomic E-state index is 9.54. The van der Waals surface area contributed by atoms with E-state index in [9.17, 15) is 5.11 Å². The van der Waals surface area contributed by atoms with Gasteiger partial charge in [0.1, 0.15) is 5.75 Å². The third-order valence-electron chi connectivity index (χ3n) is 1.77. The van der Waals surface area contributed by atoms with Crippen molar-refractivity contribution in [2.45, 2.75) is 12.8 Å². The zero-order valence-electron chi connectivity index (χ0n) is 7.06. The Morgan fingerprint density at radius 3 is 2.69 bits per heavy atom. The first-order valence-corrected chi connectivity index (χ1v) is 5.19. The number of rotatable bonds is 3. The molecule has 72 valence electrons. The van der Waals surface area contributed by atoms with Gasteiger partial charge < -0.3 is 10.8 Å². The quantitative estimate of drug-likeness (QED) is 0.882. The predicted molar refractivity (Wildman–Crippen MR) is 58.2 cm³/mol. The topological polar surface area (TPSA) is 46.2 Å². The molecule has 13 heavy (non-hydrogen) atoms. The SMILES string of the molecule is NCCCc1c(O)cc(Cl)cc1Br. The maximum Gasteiger partial charge on any atom is 0.121 e. The molecule has 2 nitrogen and oxygen atoms in total. The Hall–Kier alpha value is -0.250. The van der Waals surface area contributed by atoms with Crippen molar-refractivity contribution in [2.75, 3.05) is 6.54 Å². The van der Waals surface area contributed by atoms with E-state index in [0.717, 1.165) is 22.9 Å². The van der Waals surface area contributed by atoms with Gasteiger partial charge >= 0.3 is 0 Å². The average molecular weight is 265 g/mol. The Kier molecular flexibility index (Phi) is 4.03. The van der Waals surface area contributed by atoms with Crippen LogP contribution in [0.15, 0.2) is 16.6 Å². The fourth-order valence-electron chi connectivity index (χ4n) is 1.12. The molecule has 0 spiro atoms. The number of hydrogen-bond donors (Lipinski definition) is 2. The molecule has 0 unspecified atom stereocenters. The Labute approximate surface area is 90.8 Å². The molecule has 0 aliphatic rings. The van der Waals surface area contributed by atoms with Crippen molar-refractivity contribution >= 4 is 27.5 Å². The number of phenols is 1. The van der Waals surface area contributed by atoms with Crippen LogP contribution >= 0.6 is 27.5 Å². The molecular weight excluding hydrogens is 253 g/mol. The zero-order valence-corrected chi connectivity index (χ0v) is 9.40. The number of halogens is 2. The minimum Gasteiger partial charge on any atom is -0.508 e. The summed E-state index contributed by atoms with van der Waals surface area (Å²) < 4.78 is 0.839. The summed E-state index contributed by atoms with van der Waals surface area (Å²) in [7, 11) is 0. The van der Waals surface area contributed by atoms with Crippen LogP contribution in [0.25, 0.3) is 0 Å². The second-order valence-corrected chi connectivity index (χ2v) is 4.07. The van der Waals surface area contributed by atoms with Gasteiger partial charge in [-0.1, -0.05) is 27.5 Å². The molecule has 1 aromatic rings. The van der Waals surface area contributed by atoms with E-state index in [-0.39, 0.29) is 5.75 Å². The molecule has 0 fully saturated rings. The lowest BCUT2D eigenvalue weighted by Gasteiger charge is -2.06. The lowest BCUT2D eigenvalue weighted by molar-refractivity contribution is 0.466. The Morgan fingerprint density at radius 2 is 2.15 bits per heavy atom. The first-order valence-electron chi connectivity index (χ1n) is 4.02. The van der Waals surface area contributed by atoms with E-state index in [2.05, 4.69) is 15.9 Å². The van der Waals surface area contributed by atoms with E-state index in [4.69, 9.17) is 17.3 Å². The first-order chi connectivity index (χ1) is 6.15. The van der Waals surface area contributed by atoms with E-state index in [0.29, 0.717) is 11.6 Å². The maximum atomic E-state index is 9.54. The summed E-state index contributed by atoms with van der Waals surface area (Å²) in [6.07, 6.45) is 1.62. The van der Waals surface area contributed by atoms with Crippen molar-refractivity contribution in [1.82, 2.24) is 0 Å². The third-order valence-corrected chi connectivity index (χ3v) is 2.69. The molecule has 4 heteroatoms. The molecule has 1 rings (SSSR count). The molecule has 0 aromatic heterocycles. The molecule has 0 bridgehead atoms. The van der Waals surface area contributed by atoms with Crippen molar-refractivity contribution in [1.29, 1.82) is 0 Å². The van der Waals surface area contributed by atoms with E-state index in [1.54, 1.807) is 6.07 Å². The van der Waals surface area contributed by atoms with E-state index in [1.165, 1.54) is 6.07 Å². The lowest BCUT2D eigenvalue weighted by atomic mass is 10.1. The number of phenolic OH excluding ortho intramolecular Hbond substituents is 1. The van der Waals surface area contributed by atoms with Gasteiger partial charge in [-0.25, -0.2) is 0 Å². The first kappa shape index (κ1) is 10.8. The molecule has 0 amide bonds. The second-order valence-electron chi connectivity index (χ2n) is 2.78. The van der Waals surface area contributed by atoms with Gasteiger partial charge in [-0.05, 0) is 31.5 Å². The van der Waals surface area contributed by atoms with Crippen molar-refractivity contribution < 1.29 is 5.11 Å². The molecule has 0 aliphatic carbocycles. The number of benzene rings is 1. The molecular formula is C9H11BrClNO. The normalized spacial score (nSPS) is 10.4. The summed E-state index contributed by atoms with van der Waals surface area (Å²) in [6.45, 7) is 0.620. The summed E-state index contributed by atoms with van der Waals surface area (Å²) >= 11 is 9.08. The van der Waals surface area contributed by atoms with Crippen LogP contribution in [-0.2, 0) is 6.42 Å². The van der Waals surface area contributed by atoms with Crippen molar-refractivity contribution in [3.05, 3.63) is 27.2 Å². The zero-order chi connectivity index (χ0) is 9.84. The predicted octanol–water partition coefficient (Wildman–Crippen LogP) is 2.70. The third kappa shape index (κ3) is 2.86. The lowest BCUT2D eigenvalue weighted by Crippen LogP contribution is -2.00. The standard InChI is InChI=1S/C9H11BrClNO/c10-8-4-6(11)5-9(13)7(8)2-1-3-12/h4-5,13H,1-3,12H2. The van der Waals surface area contributed by atoms with E-state index in [1.807, 2.05) is 0 Å². The van der Waals surface area contributed by atoms with Crippen molar-refractivity contribution in [3.63, 3.8) is 0 Å².